The van der Waals surface area contributed by atoms with E-state index in [1.54, 1.807) is 28.4 Å². The first-order valence-electron chi connectivity index (χ1n) is 11.4. The zero-order valence-corrected chi connectivity index (χ0v) is 21.9. The summed E-state index contributed by atoms with van der Waals surface area (Å²) in [6, 6.07) is 2.79. The zero-order chi connectivity index (χ0) is 23.6. The average molecular weight is 497 g/mol. The molecule has 1 spiro atoms. The van der Waals surface area contributed by atoms with Gasteiger partial charge in [0.1, 0.15) is 34.5 Å². The third-order valence-electron chi connectivity index (χ3n) is 7.96. The lowest BCUT2D eigenvalue weighted by Gasteiger charge is -2.46. The molecule has 33 heavy (non-hydrogen) atoms. The fraction of sp³-hybridized carbons (Fsp3) is 0.667. The van der Waals surface area contributed by atoms with E-state index in [1.807, 2.05) is 6.07 Å². The van der Waals surface area contributed by atoms with E-state index >= 15 is 0 Å². The second-order valence-corrected chi connectivity index (χ2v) is 15.3. The number of hydrogen-bond acceptors (Lipinski definition) is 7. The summed E-state index contributed by atoms with van der Waals surface area (Å²) in [6.07, 6.45) is 3.94. The van der Waals surface area contributed by atoms with Crippen molar-refractivity contribution in [3.63, 3.8) is 0 Å². The van der Waals surface area contributed by atoms with Crippen LogP contribution in [0.3, 0.4) is 0 Å². The van der Waals surface area contributed by atoms with E-state index in [4.69, 9.17) is 44.8 Å². The van der Waals surface area contributed by atoms with Gasteiger partial charge in [0.15, 0.2) is 0 Å². The van der Waals surface area contributed by atoms with Crippen molar-refractivity contribution in [3.05, 3.63) is 34.4 Å². The first kappa shape index (κ1) is 23.6. The smallest absolute Gasteiger partial charge is 0.144 e. The second kappa shape index (κ2) is 8.22. The molecule has 0 N–H and O–H groups in total. The van der Waals surface area contributed by atoms with Crippen LogP contribution in [0.15, 0.2) is 18.2 Å². The minimum absolute atomic E-state index is 0.175. The molecule has 1 saturated heterocycles. The van der Waals surface area contributed by atoms with Gasteiger partial charge in [0.05, 0.1) is 45.6 Å². The highest BCUT2D eigenvalue weighted by atomic mass is 35.5. The maximum Gasteiger partial charge on any atom is 0.144 e. The highest BCUT2D eigenvalue weighted by molar-refractivity contribution is 6.80. The molecule has 0 aliphatic carbocycles. The highest BCUT2D eigenvalue weighted by Crippen LogP contribution is 2.67. The van der Waals surface area contributed by atoms with Crippen LogP contribution >= 0.6 is 11.6 Å². The van der Waals surface area contributed by atoms with Crippen molar-refractivity contribution in [1.82, 2.24) is 0 Å². The van der Waals surface area contributed by atoms with Crippen LogP contribution in [0.4, 0.5) is 0 Å². The SMILES string of the molecule is COC[C@H]1O[C@@H](C23C=CC4(O2)c2c(c(Cl)cc(OC)c23)OCC[Si]4(C)C)C[C@@H](OC)[C@@H]1OC. The van der Waals surface area contributed by atoms with Crippen molar-refractivity contribution in [1.29, 1.82) is 0 Å². The Kier molecular flexibility index (Phi) is 5.88. The monoisotopic (exact) mass is 496 g/mol. The second-order valence-electron chi connectivity index (χ2n) is 9.91. The molecule has 0 aromatic heterocycles. The van der Waals surface area contributed by atoms with Gasteiger partial charge in [-0.15, -0.1) is 0 Å². The van der Waals surface area contributed by atoms with Gasteiger partial charge in [0, 0.05) is 44.9 Å². The Bertz CT molecular complexity index is 969. The summed E-state index contributed by atoms with van der Waals surface area (Å²) >= 11 is 6.72. The number of ether oxygens (including phenoxy) is 7. The van der Waals surface area contributed by atoms with Crippen molar-refractivity contribution in [2.24, 2.45) is 0 Å². The summed E-state index contributed by atoms with van der Waals surface area (Å²) in [5.74, 6) is 1.40. The van der Waals surface area contributed by atoms with Crippen LogP contribution in [-0.4, -0.2) is 74.1 Å². The molecule has 4 aliphatic heterocycles. The van der Waals surface area contributed by atoms with Crippen LogP contribution in [-0.2, 0) is 34.5 Å². The molecule has 4 aliphatic rings. The van der Waals surface area contributed by atoms with Crippen molar-refractivity contribution in [2.45, 2.75) is 60.8 Å². The first-order chi connectivity index (χ1) is 15.8. The molecule has 6 atom stereocenters. The van der Waals surface area contributed by atoms with Crippen LogP contribution in [0.2, 0.25) is 24.2 Å². The van der Waals surface area contributed by atoms with E-state index < -0.39 is 18.9 Å². The Labute approximate surface area is 201 Å². The maximum atomic E-state index is 7.19. The average Bonchev–Trinajstić information content (AvgIpc) is 3.32. The Balaban J connectivity index is 1.69. The molecular formula is C24H33ClO7Si. The highest BCUT2D eigenvalue weighted by Gasteiger charge is 2.69. The fourth-order valence-corrected chi connectivity index (χ4v) is 9.29. The van der Waals surface area contributed by atoms with Gasteiger partial charge in [0.25, 0.3) is 0 Å². The standard InChI is InChI=1S/C24H33ClO7Si/c1-26-13-17-22(29-4)16(28-3)12-18(31-17)23-7-8-24(32-23)20-19(23)15(27-2)11-14(25)21(20)30-9-10-33(24,5)6/h7-8,11,16-18,22H,9-10,12-13H2,1-6H3/t16-,17-,18-,22+,23?,24?/m1/s1. The molecule has 4 heterocycles. The lowest BCUT2D eigenvalue weighted by Crippen LogP contribution is -2.57. The predicted molar refractivity (Wildman–Crippen MR) is 126 cm³/mol. The van der Waals surface area contributed by atoms with Crippen LogP contribution in [0, 0.1) is 0 Å². The molecule has 0 amide bonds. The van der Waals surface area contributed by atoms with Crippen molar-refractivity contribution < 1.29 is 33.2 Å². The lowest BCUT2D eigenvalue weighted by atomic mass is 9.78. The number of benzene rings is 1. The number of fused-ring (bicyclic) bond motifs is 2. The summed E-state index contributed by atoms with van der Waals surface area (Å²) in [7, 11) is 4.71. The summed E-state index contributed by atoms with van der Waals surface area (Å²) < 4.78 is 43.1. The largest absolute Gasteiger partial charge is 0.496 e. The molecule has 1 fully saturated rings. The Morgan fingerprint density at radius 1 is 1.12 bits per heavy atom. The molecule has 1 aromatic carbocycles. The quantitative estimate of drug-likeness (QED) is 0.438. The summed E-state index contributed by atoms with van der Waals surface area (Å²) in [5, 5.41) is -0.0138. The van der Waals surface area contributed by atoms with Gasteiger partial charge in [0.2, 0.25) is 0 Å². The van der Waals surface area contributed by atoms with E-state index in [1.165, 1.54) is 0 Å². The van der Waals surface area contributed by atoms with E-state index in [2.05, 4.69) is 25.2 Å². The number of rotatable bonds is 6. The molecule has 2 bridgehead atoms. The number of halogens is 1. The Morgan fingerprint density at radius 3 is 2.58 bits per heavy atom. The molecule has 0 saturated carbocycles. The van der Waals surface area contributed by atoms with Crippen molar-refractivity contribution in [3.8, 4) is 11.5 Å². The molecule has 0 radical (unpaired) electrons. The third kappa shape index (κ3) is 3.12. The normalized spacial score (nSPS) is 38.0. The summed E-state index contributed by atoms with van der Waals surface area (Å²) in [6.45, 7) is 5.71. The number of methoxy groups -OCH3 is 4. The molecule has 2 unspecified atom stereocenters. The van der Waals surface area contributed by atoms with Gasteiger partial charge in [-0.25, -0.2) is 0 Å². The third-order valence-corrected chi connectivity index (χ3v) is 12.2. The first-order valence-corrected chi connectivity index (χ1v) is 15.0. The van der Waals surface area contributed by atoms with Gasteiger partial charge in [-0.3, -0.25) is 0 Å². The van der Waals surface area contributed by atoms with Crippen molar-refractivity contribution >= 4 is 19.7 Å². The van der Waals surface area contributed by atoms with Crippen LogP contribution in [0.25, 0.3) is 0 Å². The summed E-state index contributed by atoms with van der Waals surface area (Å²) in [5.41, 5.74) is 1.13. The molecule has 5 rings (SSSR count). The van der Waals surface area contributed by atoms with Crippen molar-refractivity contribution in [2.75, 3.05) is 41.7 Å². The fourth-order valence-electron chi connectivity index (χ4n) is 6.16. The van der Waals surface area contributed by atoms with Gasteiger partial charge >= 0.3 is 0 Å². The molecule has 7 nitrogen and oxygen atoms in total. The molecule has 9 heteroatoms. The minimum atomic E-state index is -2.01. The van der Waals surface area contributed by atoms with Gasteiger partial charge in [-0.2, -0.15) is 0 Å². The number of hydrogen-bond donors (Lipinski definition) is 0. The topological polar surface area (TPSA) is 64.6 Å². The summed E-state index contributed by atoms with van der Waals surface area (Å²) in [4.78, 5) is 0. The van der Waals surface area contributed by atoms with Crippen LogP contribution in [0.5, 0.6) is 11.5 Å². The van der Waals surface area contributed by atoms with E-state index in [0.29, 0.717) is 36.2 Å². The van der Waals surface area contributed by atoms with E-state index in [0.717, 1.165) is 17.2 Å². The maximum absolute atomic E-state index is 7.19. The molecular weight excluding hydrogens is 464 g/mol. The van der Waals surface area contributed by atoms with Crippen LogP contribution < -0.4 is 9.47 Å². The molecule has 182 valence electrons. The minimum Gasteiger partial charge on any atom is -0.496 e. The Hall–Kier alpha value is -1.13. The van der Waals surface area contributed by atoms with Gasteiger partial charge in [-0.05, 0) is 12.1 Å². The molecule has 1 aromatic rings. The van der Waals surface area contributed by atoms with Gasteiger partial charge < -0.3 is 33.2 Å². The zero-order valence-electron chi connectivity index (χ0n) is 20.1. The predicted octanol–water partition coefficient (Wildman–Crippen LogP) is 3.81. The van der Waals surface area contributed by atoms with E-state index in [9.17, 15) is 0 Å². The van der Waals surface area contributed by atoms with Gasteiger partial charge in [-0.1, -0.05) is 30.8 Å². The van der Waals surface area contributed by atoms with E-state index in [-0.39, 0.29) is 24.4 Å². The van der Waals surface area contributed by atoms with Crippen LogP contribution in [0.1, 0.15) is 17.5 Å². The lowest BCUT2D eigenvalue weighted by molar-refractivity contribution is -0.240. The Morgan fingerprint density at radius 2 is 1.91 bits per heavy atom.